The number of hydrogen-bond acceptors (Lipinski definition) is 3. The summed E-state index contributed by atoms with van der Waals surface area (Å²) in [6.45, 7) is 4.14. The highest BCUT2D eigenvalue weighted by Crippen LogP contribution is 2.39. The van der Waals surface area contributed by atoms with Crippen LogP contribution < -0.4 is 9.47 Å². The third-order valence-corrected chi connectivity index (χ3v) is 2.68. The molecular formula is C12H18O3. The van der Waals surface area contributed by atoms with Gasteiger partial charge in [-0.15, -0.1) is 0 Å². The maximum absolute atomic E-state index is 9.93. The first kappa shape index (κ1) is 11.7. The Morgan fingerprint density at radius 1 is 1.27 bits per heavy atom. The quantitative estimate of drug-likeness (QED) is 0.830. The largest absolute Gasteiger partial charge is 0.504 e. The molecule has 0 bridgehead atoms. The highest BCUT2D eigenvalue weighted by Gasteiger charge is 2.15. The van der Waals surface area contributed by atoms with Crippen molar-refractivity contribution in [2.75, 3.05) is 14.2 Å². The molecule has 0 saturated carbocycles. The summed E-state index contributed by atoms with van der Waals surface area (Å²) < 4.78 is 10.2. The van der Waals surface area contributed by atoms with E-state index in [0.717, 1.165) is 12.0 Å². The van der Waals surface area contributed by atoms with Crippen molar-refractivity contribution in [3.8, 4) is 17.2 Å². The molecule has 1 unspecified atom stereocenters. The van der Waals surface area contributed by atoms with Crippen LogP contribution in [0.15, 0.2) is 12.1 Å². The predicted molar refractivity (Wildman–Crippen MR) is 59.9 cm³/mol. The molecule has 0 aliphatic heterocycles. The van der Waals surface area contributed by atoms with Crippen molar-refractivity contribution in [1.82, 2.24) is 0 Å². The Kier molecular flexibility index (Phi) is 3.83. The van der Waals surface area contributed by atoms with Crippen molar-refractivity contribution in [1.29, 1.82) is 0 Å². The fourth-order valence-electron chi connectivity index (χ4n) is 1.47. The van der Waals surface area contributed by atoms with Gasteiger partial charge in [0, 0.05) is 11.6 Å². The van der Waals surface area contributed by atoms with Crippen molar-refractivity contribution in [2.24, 2.45) is 0 Å². The van der Waals surface area contributed by atoms with Crippen LogP contribution in [0.3, 0.4) is 0 Å². The van der Waals surface area contributed by atoms with Gasteiger partial charge in [0.2, 0.25) is 0 Å². The Hall–Kier alpha value is -1.38. The Labute approximate surface area is 90.6 Å². The van der Waals surface area contributed by atoms with E-state index in [1.54, 1.807) is 13.2 Å². The molecule has 0 saturated heterocycles. The third-order valence-electron chi connectivity index (χ3n) is 2.68. The molecule has 0 fully saturated rings. The van der Waals surface area contributed by atoms with Crippen LogP contribution in [-0.4, -0.2) is 19.3 Å². The van der Waals surface area contributed by atoms with Crippen molar-refractivity contribution < 1.29 is 14.6 Å². The molecule has 0 amide bonds. The van der Waals surface area contributed by atoms with Gasteiger partial charge in [-0.2, -0.15) is 0 Å². The number of hydrogen-bond donors (Lipinski definition) is 1. The van der Waals surface area contributed by atoms with E-state index in [-0.39, 0.29) is 11.7 Å². The van der Waals surface area contributed by atoms with Gasteiger partial charge in [0.1, 0.15) is 5.75 Å². The highest BCUT2D eigenvalue weighted by molar-refractivity contribution is 5.52. The summed E-state index contributed by atoms with van der Waals surface area (Å²) in [5.74, 6) is 1.67. The first-order chi connectivity index (χ1) is 7.13. The minimum absolute atomic E-state index is 0.215. The van der Waals surface area contributed by atoms with Crippen molar-refractivity contribution in [3.05, 3.63) is 17.7 Å². The SMILES string of the molecule is CCC(C)c1cc(OC)cc(OC)c1O. The van der Waals surface area contributed by atoms with Crippen LogP contribution in [0.1, 0.15) is 31.7 Å². The second-order valence-electron chi connectivity index (χ2n) is 3.58. The molecular weight excluding hydrogens is 192 g/mol. The van der Waals surface area contributed by atoms with Crippen molar-refractivity contribution >= 4 is 0 Å². The maximum atomic E-state index is 9.93. The zero-order valence-corrected chi connectivity index (χ0v) is 9.70. The van der Waals surface area contributed by atoms with Gasteiger partial charge in [0.25, 0.3) is 0 Å². The zero-order valence-electron chi connectivity index (χ0n) is 9.70. The van der Waals surface area contributed by atoms with Gasteiger partial charge in [0.15, 0.2) is 11.5 Å². The number of rotatable bonds is 4. The number of benzene rings is 1. The Bertz CT molecular complexity index is 334. The molecule has 0 spiro atoms. The second kappa shape index (κ2) is 4.91. The molecule has 84 valence electrons. The van der Waals surface area contributed by atoms with E-state index in [0.29, 0.717) is 11.5 Å². The molecule has 1 rings (SSSR count). The van der Waals surface area contributed by atoms with Crippen LogP contribution in [0.4, 0.5) is 0 Å². The summed E-state index contributed by atoms with van der Waals surface area (Å²) in [7, 11) is 3.14. The molecule has 0 heterocycles. The van der Waals surface area contributed by atoms with E-state index in [2.05, 4.69) is 13.8 Å². The van der Waals surface area contributed by atoms with E-state index in [9.17, 15) is 5.11 Å². The predicted octanol–water partition coefficient (Wildman–Crippen LogP) is 2.92. The van der Waals surface area contributed by atoms with Gasteiger partial charge in [-0.05, 0) is 18.4 Å². The fourth-order valence-corrected chi connectivity index (χ4v) is 1.47. The summed E-state index contributed by atoms with van der Waals surface area (Å²) in [5.41, 5.74) is 0.869. The van der Waals surface area contributed by atoms with Crippen molar-refractivity contribution in [3.63, 3.8) is 0 Å². The van der Waals surface area contributed by atoms with Crippen LogP contribution in [-0.2, 0) is 0 Å². The molecule has 15 heavy (non-hydrogen) atoms. The van der Waals surface area contributed by atoms with Gasteiger partial charge >= 0.3 is 0 Å². The molecule has 1 aromatic carbocycles. The Morgan fingerprint density at radius 2 is 1.93 bits per heavy atom. The number of phenols is 1. The van der Waals surface area contributed by atoms with E-state index >= 15 is 0 Å². The number of ether oxygens (including phenoxy) is 2. The molecule has 1 atom stereocenters. The number of phenolic OH excluding ortho intramolecular Hbond substituents is 1. The summed E-state index contributed by atoms with van der Waals surface area (Å²) in [5, 5.41) is 9.93. The highest BCUT2D eigenvalue weighted by atomic mass is 16.5. The topological polar surface area (TPSA) is 38.7 Å². The molecule has 0 aromatic heterocycles. The molecule has 3 heteroatoms. The lowest BCUT2D eigenvalue weighted by Gasteiger charge is -2.15. The first-order valence-corrected chi connectivity index (χ1v) is 5.08. The van der Waals surface area contributed by atoms with Crippen LogP contribution in [0, 0.1) is 0 Å². The molecule has 1 N–H and O–H groups in total. The third kappa shape index (κ3) is 2.35. The Morgan fingerprint density at radius 3 is 2.40 bits per heavy atom. The van der Waals surface area contributed by atoms with Gasteiger partial charge in [0.05, 0.1) is 14.2 Å². The van der Waals surface area contributed by atoms with Crippen LogP contribution in [0.25, 0.3) is 0 Å². The van der Waals surface area contributed by atoms with E-state index in [1.165, 1.54) is 7.11 Å². The molecule has 0 radical (unpaired) electrons. The summed E-state index contributed by atoms with van der Waals surface area (Å²) in [6, 6.07) is 3.53. The van der Waals surface area contributed by atoms with Crippen molar-refractivity contribution in [2.45, 2.75) is 26.2 Å². The smallest absolute Gasteiger partial charge is 0.164 e. The minimum Gasteiger partial charge on any atom is -0.504 e. The first-order valence-electron chi connectivity index (χ1n) is 5.08. The summed E-state index contributed by atoms with van der Waals surface area (Å²) in [4.78, 5) is 0. The van der Waals surface area contributed by atoms with Gasteiger partial charge < -0.3 is 14.6 Å². The molecule has 3 nitrogen and oxygen atoms in total. The second-order valence-corrected chi connectivity index (χ2v) is 3.58. The lowest BCUT2D eigenvalue weighted by molar-refractivity contribution is 0.359. The van der Waals surface area contributed by atoms with E-state index in [1.807, 2.05) is 6.07 Å². The monoisotopic (exact) mass is 210 g/mol. The normalized spacial score (nSPS) is 12.3. The standard InChI is InChI=1S/C12H18O3/c1-5-8(2)10-6-9(14-3)7-11(15-4)12(10)13/h6-8,13H,5H2,1-4H3. The number of methoxy groups -OCH3 is 2. The van der Waals surface area contributed by atoms with Crippen LogP contribution in [0.2, 0.25) is 0 Å². The van der Waals surface area contributed by atoms with E-state index < -0.39 is 0 Å². The van der Waals surface area contributed by atoms with Gasteiger partial charge in [-0.1, -0.05) is 13.8 Å². The van der Waals surface area contributed by atoms with Crippen LogP contribution >= 0.6 is 0 Å². The van der Waals surface area contributed by atoms with Crippen LogP contribution in [0.5, 0.6) is 17.2 Å². The molecule has 0 aliphatic carbocycles. The van der Waals surface area contributed by atoms with E-state index in [4.69, 9.17) is 9.47 Å². The molecule has 0 aliphatic rings. The average Bonchev–Trinajstić information content (AvgIpc) is 2.28. The summed E-state index contributed by atoms with van der Waals surface area (Å²) in [6.07, 6.45) is 0.962. The molecule has 1 aromatic rings. The Balaban J connectivity index is 3.23. The lowest BCUT2D eigenvalue weighted by Crippen LogP contribution is -1.96. The fraction of sp³-hybridized carbons (Fsp3) is 0.500. The summed E-state index contributed by atoms with van der Waals surface area (Å²) >= 11 is 0. The minimum atomic E-state index is 0.215. The number of aromatic hydroxyl groups is 1. The zero-order chi connectivity index (χ0) is 11.4. The average molecular weight is 210 g/mol. The van der Waals surface area contributed by atoms with Gasteiger partial charge in [-0.3, -0.25) is 0 Å². The maximum Gasteiger partial charge on any atom is 0.164 e. The lowest BCUT2D eigenvalue weighted by atomic mass is 9.97. The van der Waals surface area contributed by atoms with Gasteiger partial charge in [-0.25, -0.2) is 0 Å².